The van der Waals surface area contributed by atoms with Gasteiger partial charge in [0.2, 0.25) is 0 Å². The second-order valence-corrected chi connectivity index (χ2v) is 4.52. The van der Waals surface area contributed by atoms with Crippen molar-refractivity contribution in [3.63, 3.8) is 0 Å². The number of rotatable bonds is 2. The molecule has 2 rings (SSSR count). The Kier molecular flexibility index (Phi) is 3.67. The molecule has 7 heteroatoms. The summed E-state index contributed by atoms with van der Waals surface area (Å²) in [6, 6.07) is 2.24. The summed E-state index contributed by atoms with van der Waals surface area (Å²) in [5, 5.41) is 20.1. The standard InChI is InChI=1S/C13H12ClFN4O/c14-6-3-9(15)11(10(20)4-6)12(16)7-1-2-19-5-8(7)13(17)18/h1-5,19-20H,16H2,(H3,17,18)/b12-7-. The van der Waals surface area contributed by atoms with E-state index in [4.69, 9.17) is 28.5 Å². The van der Waals surface area contributed by atoms with E-state index in [0.717, 1.165) is 6.07 Å². The lowest BCUT2D eigenvalue weighted by Crippen LogP contribution is -2.20. The molecule has 7 N–H and O–H groups in total. The van der Waals surface area contributed by atoms with E-state index in [1.54, 1.807) is 12.3 Å². The minimum atomic E-state index is -0.755. The maximum atomic E-state index is 13.9. The van der Waals surface area contributed by atoms with Gasteiger partial charge in [-0.1, -0.05) is 11.6 Å². The molecule has 0 fully saturated rings. The fraction of sp³-hybridized carbons (Fsp3) is 0. The lowest BCUT2D eigenvalue weighted by Gasteiger charge is -2.16. The maximum absolute atomic E-state index is 13.9. The van der Waals surface area contributed by atoms with Crippen molar-refractivity contribution in [2.45, 2.75) is 0 Å². The zero-order valence-corrected chi connectivity index (χ0v) is 11.0. The summed E-state index contributed by atoms with van der Waals surface area (Å²) >= 11 is 5.65. The van der Waals surface area contributed by atoms with E-state index >= 15 is 0 Å². The highest BCUT2D eigenvalue weighted by atomic mass is 35.5. The van der Waals surface area contributed by atoms with Crippen LogP contribution in [0.15, 0.2) is 41.8 Å². The maximum Gasteiger partial charge on any atom is 0.137 e. The molecular formula is C13H12ClFN4O. The number of aromatic hydroxyl groups is 1. The highest BCUT2D eigenvalue weighted by Crippen LogP contribution is 2.32. The molecule has 20 heavy (non-hydrogen) atoms. The van der Waals surface area contributed by atoms with Gasteiger partial charge in [-0.15, -0.1) is 0 Å². The van der Waals surface area contributed by atoms with Crippen molar-refractivity contribution in [1.29, 1.82) is 5.41 Å². The van der Waals surface area contributed by atoms with Crippen molar-refractivity contribution in [3.8, 4) is 5.75 Å². The Morgan fingerprint density at radius 3 is 2.65 bits per heavy atom. The zero-order valence-electron chi connectivity index (χ0n) is 10.2. The summed E-state index contributed by atoms with van der Waals surface area (Å²) < 4.78 is 13.9. The minimum Gasteiger partial charge on any atom is -0.507 e. The summed E-state index contributed by atoms with van der Waals surface area (Å²) in [5.41, 5.74) is 11.8. The number of phenols is 1. The Bertz CT molecular complexity index is 656. The SMILES string of the molecule is N=C(N)C1=CNC=C/C1=C(/N)c1c(O)cc(Cl)cc1F. The number of dihydropyridines is 1. The first-order valence-corrected chi connectivity index (χ1v) is 5.95. The Hall–Kier alpha value is -2.47. The van der Waals surface area contributed by atoms with Crippen LogP contribution in [-0.2, 0) is 0 Å². The molecule has 0 saturated heterocycles. The molecule has 0 amide bonds. The largest absolute Gasteiger partial charge is 0.507 e. The molecule has 1 heterocycles. The van der Waals surface area contributed by atoms with Crippen LogP contribution in [0, 0.1) is 11.2 Å². The molecule has 1 aromatic rings. The van der Waals surface area contributed by atoms with E-state index in [0.29, 0.717) is 11.1 Å². The molecule has 0 unspecified atom stereocenters. The van der Waals surface area contributed by atoms with E-state index in [9.17, 15) is 9.50 Å². The molecule has 104 valence electrons. The van der Waals surface area contributed by atoms with Crippen molar-refractivity contribution in [2.75, 3.05) is 0 Å². The number of halogens is 2. The molecule has 0 aliphatic carbocycles. The van der Waals surface area contributed by atoms with Crippen molar-refractivity contribution in [2.24, 2.45) is 11.5 Å². The van der Waals surface area contributed by atoms with Gasteiger partial charge in [-0.05, 0) is 18.2 Å². The zero-order chi connectivity index (χ0) is 14.9. The van der Waals surface area contributed by atoms with Crippen LogP contribution in [0.4, 0.5) is 4.39 Å². The van der Waals surface area contributed by atoms with Gasteiger partial charge in [-0.3, -0.25) is 5.41 Å². The molecule has 0 aromatic heterocycles. The first kappa shape index (κ1) is 14.0. The number of nitrogens with two attached hydrogens (primary N) is 2. The fourth-order valence-electron chi connectivity index (χ4n) is 1.85. The van der Waals surface area contributed by atoms with Gasteiger partial charge in [0.05, 0.1) is 11.3 Å². The number of nitrogens with one attached hydrogen (secondary N) is 2. The van der Waals surface area contributed by atoms with E-state index < -0.39 is 5.82 Å². The van der Waals surface area contributed by atoms with Gasteiger partial charge in [-0.2, -0.15) is 0 Å². The van der Waals surface area contributed by atoms with Crippen LogP contribution >= 0.6 is 11.6 Å². The molecule has 1 aromatic carbocycles. The molecular weight excluding hydrogens is 283 g/mol. The monoisotopic (exact) mass is 294 g/mol. The van der Waals surface area contributed by atoms with E-state index in [-0.39, 0.29) is 27.9 Å². The van der Waals surface area contributed by atoms with Gasteiger partial charge >= 0.3 is 0 Å². The highest BCUT2D eigenvalue weighted by molar-refractivity contribution is 6.30. The highest BCUT2D eigenvalue weighted by Gasteiger charge is 2.19. The molecule has 0 radical (unpaired) electrons. The smallest absolute Gasteiger partial charge is 0.137 e. The van der Waals surface area contributed by atoms with Gasteiger partial charge in [0.25, 0.3) is 0 Å². The topological polar surface area (TPSA) is 108 Å². The Morgan fingerprint density at radius 1 is 1.35 bits per heavy atom. The average molecular weight is 295 g/mol. The van der Waals surface area contributed by atoms with E-state index in [2.05, 4.69) is 5.32 Å². The predicted molar refractivity (Wildman–Crippen MR) is 76.5 cm³/mol. The fourth-order valence-corrected chi connectivity index (χ4v) is 2.05. The predicted octanol–water partition coefficient (Wildman–Crippen LogP) is 1.79. The molecule has 0 saturated carbocycles. The molecule has 1 aliphatic heterocycles. The van der Waals surface area contributed by atoms with Gasteiger partial charge in [0, 0.05) is 28.6 Å². The van der Waals surface area contributed by atoms with E-state index in [1.165, 1.54) is 12.3 Å². The number of hydrogen-bond donors (Lipinski definition) is 5. The average Bonchev–Trinajstić information content (AvgIpc) is 2.37. The van der Waals surface area contributed by atoms with Crippen LogP contribution in [0.1, 0.15) is 5.56 Å². The quantitative estimate of drug-likeness (QED) is 0.423. The Balaban J connectivity index is 2.65. The van der Waals surface area contributed by atoms with Crippen LogP contribution < -0.4 is 16.8 Å². The van der Waals surface area contributed by atoms with Gasteiger partial charge in [0.15, 0.2) is 0 Å². The summed E-state index contributed by atoms with van der Waals surface area (Å²) in [6.45, 7) is 0. The number of amidine groups is 1. The van der Waals surface area contributed by atoms with Gasteiger partial charge in [-0.25, -0.2) is 4.39 Å². The number of allylic oxidation sites excluding steroid dienone is 1. The lowest BCUT2D eigenvalue weighted by atomic mass is 9.97. The number of benzene rings is 1. The third-order valence-electron chi connectivity index (χ3n) is 2.75. The third kappa shape index (κ3) is 2.46. The van der Waals surface area contributed by atoms with Crippen molar-refractivity contribution in [3.05, 3.63) is 58.2 Å². The second kappa shape index (κ2) is 5.26. The first-order valence-electron chi connectivity index (χ1n) is 5.57. The van der Waals surface area contributed by atoms with Crippen LogP contribution in [-0.4, -0.2) is 10.9 Å². The van der Waals surface area contributed by atoms with Crippen LogP contribution in [0.3, 0.4) is 0 Å². The summed E-state index contributed by atoms with van der Waals surface area (Å²) in [6.07, 6.45) is 4.56. The van der Waals surface area contributed by atoms with Gasteiger partial charge < -0.3 is 21.9 Å². The Morgan fingerprint density at radius 2 is 2.05 bits per heavy atom. The van der Waals surface area contributed by atoms with E-state index in [1.807, 2.05) is 0 Å². The summed E-state index contributed by atoms with van der Waals surface area (Å²) in [4.78, 5) is 0. The third-order valence-corrected chi connectivity index (χ3v) is 2.97. The number of phenolic OH excluding ortho intramolecular Hbond substituents is 1. The molecule has 0 bridgehead atoms. The van der Waals surface area contributed by atoms with Crippen LogP contribution in [0.2, 0.25) is 5.02 Å². The van der Waals surface area contributed by atoms with Gasteiger partial charge in [0.1, 0.15) is 17.4 Å². The van der Waals surface area contributed by atoms with Crippen LogP contribution in [0.25, 0.3) is 5.70 Å². The van der Waals surface area contributed by atoms with Crippen molar-refractivity contribution >= 4 is 23.1 Å². The molecule has 0 atom stereocenters. The van der Waals surface area contributed by atoms with Crippen LogP contribution in [0.5, 0.6) is 5.75 Å². The summed E-state index contributed by atoms with van der Waals surface area (Å²) in [5.74, 6) is -1.36. The van der Waals surface area contributed by atoms with Crippen molar-refractivity contribution < 1.29 is 9.50 Å². The first-order chi connectivity index (χ1) is 9.41. The Labute approximate surface area is 119 Å². The lowest BCUT2D eigenvalue weighted by molar-refractivity contribution is 0.466. The normalized spacial score (nSPS) is 16.4. The second-order valence-electron chi connectivity index (χ2n) is 4.08. The molecule has 1 aliphatic rings. The summed E-state index contributed by atoms with van der Waals surface area (Å²) in [7, 11) is 0. The molecule has 0 spiro atoms. The number of hydrogen-bond acceptors (Lipinski definition) is 4. The molecule has 5 nitrogen and oxygen atoms in total. The minimum absolute atomic E-state index is 0.0316. The van der Waals surface area contributed by atoms with Crippen molar-refractivity contribution in [1.82, 2.24) is 5.32 Å².